The van der Waals surface area contributed by atoms with Gasteiger partial charge in [-0.05, 0) is 123 Å². The molecule has 1 heterocycles. The van der Waals surface area contributed by atoms with Gasteiger partial charge in [-0.25, -0.2) is 0 Å². The highest BCUT2D eigenvalue weighted by Gasteiger charge is 2.30. The van der Waals surface area contributed by atoms with E-state index < -0.39 is 0 Å². The predicted molar refractivity (Wildman–Crippen MR) is 223 cm³/mol. The number of hydrogen-bond acceptors (Lipinski definition) is 1. The molecule has 10 aromatic carbocycles. The second kappa shape index (κ2) is 10.8. The fourth-order valence-corrected chi connectivity index (χ4v) is 9.35. The summed E-state index contributed by atoms with van der Waals surface area (Å²) < 4.78 is 6.65. The maximum atomic E-state index is 6.65. The quantitative estimate of drug-likeness (QED) is 0.170. The van der Waals surface area contributed by atoms with Crippen molar-refractivity contribution in [2.45, 2.75) is 0 Å². The molecule has 53 heavy (non-hydrogen) atoms. The second-order valence-electron chi connectivity index (χ2n) is 14.3. The van der Waals surface area contributed by atoms with Gasteiger partial charge in [0.15, 0.2) is 0 Å². The van der Waals surface area contributed by atoms with Gasteiger partial charge in [-0.2, -0.15) is 0 Å². The fraction of sp³-hybridized carbons (Fsp3) is 0. The predicted octanol–water partition coefficient (Wildman–Crippen LogP) is 14.7. The van der Waals surface area contributed by atoms with Gasteiger partial charge in [0, 0.05) is 10.9 Å². The second-order valence-corrected chi connectivity index (χ2v) is 14.3. The lowest BCUT2D eigenvalue weighted by atomic mass is 9.82. The van der Waals surface area contributed by atoms with E-state index >= 15 is 0 Å². The molecule has 0 fully saturated rings. The molecule has 10 aromatic rings. The average molecular weight is 671 g/mol. The molecule has 244 valence electrons. The molecule has 0 spiro atoms. The number of benzene rings is 10. The Labute approximate surface area is 307 Å². The maximum absolute atomic E-state index is 6.65. The third-order valence-electron chi connectivity index (χ3n) is 11.5. The van der Waals surface area contributed by atoms with Crippen LogP contribution in [-0.2, 0) is 0 Å². The molecule has 0 unspecified atom stereocenters. The Morgan fingerprint density at radius 3 is 1.62 bits per heavy atom. The summed E-state index contributed by atoms with van der Waals surface area (Å²) in [7, 11) is 0. The van der Waals surface area contributed by atoms with Crippen molar-refractivity contribution in [1.29, 1.82) is 0 Å². The average Bonchev–Trinajstić information content (AvgIpc) is 3.55. The van der Waals surface area contributed by atoms with Crippen molar-refractivity contribution in [3.8, 4) is 78.3 Å². The summed E-state index contributed by atoms with van der Waals surface area (Å²) in [6.45, 7) is 0. The van der Waals surface area contributed by atoms with E-state index in [2.05, 4.69) is 182 Å². The van der Waals surface area contributed by atoms with E-state index in [-0.39, 0.29) is 0 Å². The largest absolute Gasteiger partial charge is 0.456 e. The fourth-order valence-electron chi connectivity index (χ4n) is 9.35. The van der Waals surface area contributed by atoms with Gasteiger partial charge in [-0.3, -0.25) is 0 Å². The van der Waals surface area contributed by atoms with Crippen molar-refractivity contribution in [2.75, 3.05) is 0 Å². The van der Waals surface area contributed by atoms with E-state index in [1.807, 2.05) is 0 Å². The van der Waals surface area contributed by atoms with E-state index in [4.69, 9.17) is 4.74 Å². The van der Waals surface area contributed by atoms with E-state index in [9.17, 15) is 0 Å². The van der Waals surface area contributed by atoms with Crippen LogP contribution in [0.4, 0.5) is 0 Å². The Kier molecular flexibility index (Phi) is 5.84. The minimum Gasteiger partial charge on any atom is -0.456 e. The molecule has 0 amide bonds. The molecule has 0 aromatic heterocycles. The minimum absolute atomic E-state index is 0.895. The van der Waals surface area contributed by atoms with Crippen LogP contribution >= 0.6 is 0 Å². The molecule has 0 bridgehead atoms. The maximum Gasteiger partial charge on any atom is 0.136 e. The first kappa shape index (κ1) is 28.7. The van der Waals surface area contributed by atoms with Crippen molar-refractivity contribution in [3.63, 3.8) is 0 Å². The lowest BCUT2D eigenvalue weighted by Crippen LogP contribution is -1.98. The Hall–Kier alpha value is -6.96. The molecule has 12 rings (SSSR count). The van der Waals surface area contributed by atoms with E-state index in [1.165, 1.54) is 104 Å². The molecule has 0 radical (unpaired) electrons. The Morgan fingerprint density at radius 1 is 0.264 bits per heavy atom. The number of ether oxygens (including phenoxy) is 1. The van der Waals surface area contributed by atoms with Gasteiger partial charge in [0.1, 0.15) is 11.5 Å². The van der Waals surface area contributed by atoms with E-state index in [0.717, 1.165) is 17.1 Å². The lowest BCUT2D eigenvalue weighted by Gasteiger charge is -2.23. The standard InChI is InChI=1S/C52H30O/c1-2-12-32(13-3-1)48-39-20-6-7-21-40(39)49(52-43-25-10-16-31-15-9-24-42(47(31)43)51(48)52)36-18-8-17-33(28-36)34-26-27-45-44(29-34)41-23-11-22-38-37-19-5-4-14-35(37)30-46(53-45)50(38)41/h1-30H. The first-order chi connectivity index (χ1) is 26.3. The first-order valence-corrected chi connectivity index (χ1v) is 18.3. The van der Waals surface area contributed by atoms with Gasteiger partial charge in [0.2, 0.25) is 0 Å². The Morgan fingerprint density at radius 2 is 0.830 bits per heavy atom. The van der Waals surface area contributed by atoms with E-state index in [0.29, 0.717) is 0 Å². The van der Waals surface area contributed by atoms with Crippen LogP contribution in [0.5, 0.6) is 11.5 Å². The molecule has 0 atom stereocenters. The van der Waals surface area contributed by atoms with Crippen molar-refractivity contribution in [3.05, 3.63) is 182 Å². The van der Waals surface area contributed by atoms with Crippen LogP contribution < -0.4 is 4.74 Å². The molecule has 1 aliphatic heterocycles. The van der Waals surface area contributed by atoms with Gasteiger partial charge in [-0.15, -0.1) is 0 Å². The van der Waals surface area contributed by atoms with Crippen molar-refractivity contribution < 1.29 is 4.74 Å². The molecule has 2 aliphatic rings. The SMILES string of the molecule is c1ccc(-c2c3c(c(-c4cccc(-c5ccc6c(c5)-c5cccc7c5c(cc5ccccc57)O6)c4)c4ccccc24)-c2cccc4cccc-3c24)cc1. The van der Waals surface area contributed by atoms with Gasteiger partial charge in [0.05, 0.1) is 0 Å². The summed E-state index contributed by atoms with van der Waals surface area (Å²) in [4.78, 5) is 0. The minimum atomic E-state index is 0.895. The Balaban J connectivity index is 1.09. The highest BCUT2D eigenvalue weighted by Crippen LogP contribution is 2.58. The third-order valence-corrected chi connectivity index (χ3v) is 11.5. The smallest absolute Gasteiger partial charge is 0.136 e. The van der Waals surface area contributed by atoms with Gasteiger partial charge in [-0.1, -0.05) is 158 Å². The zero-order valence-corrected chi connectivity index (χ0v) is 28.7. The van der Waals surface area contributed by atoms with E-state index in [1.54, 1.807) is 0 Å². The van der Waals surface area contributed by atoms with Crippen LogP contribution in [0.25, 0.3) is 110 Å². The van der Waals surface area contributed by atoms with Crippen LogP contribution in [0.2, 0.25) is 0 Å². The summed E-state index contributed by atoms with van der Waals surface area (Å²) >= 11 is 0. The molecule has 0 saturated carbocycles. The summed E-state index contributed by atoms with van der Waals surface area (Å²) in [5.74, 6) is 1.82. The highest BCUT2D eigenvalue weighted by atomic mass is 16.5. The zero-order valence-electron chi connectivity index (χ0n) is 28.7. The van der Waals surface area contributed by atoms with Crippen molar-refractivity contribution >= 4 is 43.1 Å². The molecular weight excluding hydrogens is 641 g/mol. The molecule has 0 saturated heterocycles. The number of fused-ring (bicyclic) bond motifs is 8. The number of rotatable bonds is 3. The van der Waals surface area contributed by atoms with Gasteiger partial charge in [0.25, 0.3) is 0 Å². The van der Waals surface area contributed by atoms with Gasteiger partial charge < -0.3 is 4.74 Å². The highest BCUT2D eigenvalue weighted by molar-refractivity contribution is 6.27. The third kappa shape index (κ3) is 4.02. The summed E-state index contributed by atoms with van der Waals surface area (Å²) in [5, 5.41) is 10.0. The summed E-state index contributed by atoms with van der Waals surface area (Å²) in [6, 6.07) is 66.7. The lowest BCUT2D eigenvalue weighted by molar-refractivity contribution is 0.488. The van der Waals surface area contributed by atoms with Gasteiger partial charge >= 0.3 is 0 Å². The normalized spacial score (nSPS) is 12.3. The topological polar surface area (TPSA) is 9.23 Å². The zero-order chi connectivity index (χ0) is 34.6. The van der Waals surface area contributed by atoms with Crippen molar-refractivity contribution in [2.24, 2.45) is 0 Å². The van der Waals surface area contributed by atoms with Crippen molar-refractivity contribution in [1.82, 2.24) is 0 Å². The number of hydrogen-bond donors (Lipinski definition) is 0. The van der Waals surface area contributed by atoms with Crippen LogP contribution in [-0.4, -0.2) is 0 Å². The molecule has 0 N–H and O–H groups in total. The molecule has 1 nitrogen and oxygen atoms in total. The first-order valence-electron chi connectivity index (χ1n) is 18.3. The molecule has 1 aliphatic carbocycles. The van der Waals surface area contributed by atoms with Crippen LogP contribution in [0.1, 0.15) is 0 Å². The van der Waals surface area contributed by atoms with Crippen LogP contribution in [0, 0.1) is 0 Å². The summed E-state index contributed by atoms with van der Waals surface area (Å²) in [6.07, 6.45) is 0. The Bertz CT molecular complexity index is 3180. The summed E-state index contributed by atoms with van der Waals surface area (Å²) in [5.41, 5.74) is 15.0. The van der Waals surface area contributed by atoms with Crippen LogP contribution in [0.3, 0.4) is 0 Å². The molecule has 1 heteroatoms. The molecular formula is C52H30O. The van der Waals surface area contributed by atoms with Crippen LogP contribution in [0.15, 0.2) is 182 Å². The monoisotopic (exact) mass is 670 g/mol.